The van der Waals surface area contributed by atoms with Gasteiger partial charge in [-0.2, -0.15) is 0 Å². The summed E-state index contributed by atoms with van der Waals surface area (Å²) in [6.07, 6.45) is 1.73. The lowest BCUT2D eigenvalue weighted by molar-refractivity contribution is 0.0950. The first-order valence-electron chi connectivity index (χ1n) is 4.46. The van der Waals surface area contributed by atoms with Crippen LogP contribution in [0.3, 0.4) is 0 Å². The van der Waals surface area contributed by atoms with Crippen LogP contribution in [0.2, 0.25) is 0 Å². The SMILES string of the molecule is CNc1nnc(C(=O)NCc2cncs2)s1. The number of hydrogen-bond donors (Lipinski definition) is 2. The van der Waals surface area contributed by atoms with Gasteiger partial charge in [0, 0.05) is 18.1 Å². The maximum atomic E-state index is 11.6. The van der Waals surface area contributed by atoms with E-state index in [0.29, 0.717) is 16.7 Å². The summed E-state index contributed by atoms with van der Waals surface area (Å²) in [6.45, 7) is 0.470. The Bertz CT molecular complexity index is 466. The van der Waals surface area contributed by atoms with E-state index in [1.165, 1.54) is 22.7 Å². The minimum atomic E-state index is -0.215. The molecule has 84 valence electrons. The van der Waals surface area contributed by atoms with Gasteiger partial charge in [-0.25, -0.2) is 0 Å². The highest BCUT2D eigenvalue weighted by Crippen LogP contribution is 2.14. The summed E-state index contributed by atoms with van der Waals surface area (Å²) < 4.78 is 0. The average Bonchev–Trinajstić information content (AvgIpc) is 2.96. The van der Waals surface area contributed by atoms with Gasteiger partial charge in [0.1, 0.15) is 0 Å². The molecule has 0 spiro atoms. The molecular formula is C8H9N5OS2. The molecule has 0 atom stereocenters. The summed E-state index contributed by atoms with van der Waals surface area (Å²) in [6, 6.07) is 0. The highest BCUT2D eigenvalue weighted by Gasteiger charge is 2.11. The first kappa shape index (κ1) is 11.0. The fourth-order valence-corrected chi connectivity index (χ4v) is 2.14. The van der Waals surface area contributed by atoms with E-state index in [-0.39, 0.29) is 5.91 Å². The maximum absolute atomic E-state index is 11.6. The Kier molecular flexibility index (Phi) is 3.42. The molecule has 0 fully saturated rings. The minimum absolute atomic E-state index is 0.215. The van der Waals surface area contributed by atoms with Crippen molar-refractivity contribution in [1.29, 1.82) is 0 Å². The van der Waals surface area contributed by atoms with Gasteiger partial charge in [0.25, 0.3) is 5.91 Å². The number of hydrogen-bond acceptors (Lipinski definition) is 7. The molecule has 1 amide bonds. The third-order valence-corrected chi connectivity index (χ3v) is 3.46. The van der Waals surface area contributed by atoms with Crippen molar-refractivity contribution in [2.24, 2.45) is 0 Å². The Labute approximate surface area is 99.8 Å². The molecule has 6 nitrogen and oxygen atoms in total. The predicted molar refractivity (Wildman–Crippen MR) is 62.7 cm³/mol. The monoisotopic (exact) mass is 255 g/mol. The van der Waals surface area contributed by atoms with Crippen molar-refractivity contribution in [3.8, 4) is 0 Å². The fraction of sp³-hybridized carbons (Fsp3) is 0.250. The molecule has 2 heterocycles. The van der Waals surface area contributed by atoms with E-state index in [9.17, 15) is 4.79 Å². The van der Waals surface area contributed by atoms with E-state index >= 15 is 0 Å². The minimum Gasteiger partial charge on any atom is -0.363 e. The second-order valence-corrected chi connectivity index (χ2v) is 4.76. The van der Waals surface area contributed by atoms with E-state index in [4.69, 9.17) is 0 Å². The molecular weight excluding hydrogens is 246 g/mol. The molecule has 8 heteroatoms. The van der Waals surface area contributed by atoms with Crippen molar-refractivity contribution in [2.75, 3.05) is 12.4 Å². The first-order chi connectivity index (χ1) is 7.79. The van der Waals surface area contributed by atoms with Crippen LogP contribution in [-0.4, -0.2) is 28.1 Å². The molecule has 2 N–H and O–H groups in total. The van der Waals surface area contributed by atoms with Crippen LogP contribution in [-0.2, 0) is 6.54 Å². The van der Waals surface area contributed by atoms with Crippen LogP contribution in [0.25, 0.3) is 0 Å². The van der Waals surface area contributed by atoms with Crippen LogP contribution in [0, 0.1) is 0 Å². The summed E-state index contributed by atoms with van der Waals surface area (Å²) in [4.78, 5) is 16.6. The number of amides is 1. The topological polar surface area (TPSA) is 79.8 Å². The largest absolute Gasteiger partial charge is 0.363 e. The van der Waals surface area contributed by atoms with Gasteiger partial charge in [-0.3, -0.25) is 9.78 Å². The molecule has 0 aliphatic carbocycles. The van der Waals surface area contributed by atoms with Crippen LogP contribution < -0.4 is 10.6 Å². The smallest absolute Gasteiger partial charge is 0.282 e. The van der Waals surface area contributed by atoms with Crippen LogP contribution in [0.1, 0.15) is 14.7 Å². The zero-order valence-corrected chi connectivity index (χ0v) is 10.1. The van der Waals surface area contributed by atoms with Crippen molar-refractivity contribution >= 4 is 33.7 Å². The molecule has 0 saturated carbocycles. The standard InChI is InChI=1S/C8H9N5OS2/c1-9-8-13-12-7(16-8)6(14)11-3-5-2-10-4-15-5/h2,4H,3H2,1H3,(H,9,13)(H,11,14). The number of carbonyl (C=O) groups excluding carboxylic acids is 1. The number of nitrogens with zero attached hydrogens (tertiary/aromatic N) is 3. The molecule has 0 unspecified atom stereocenters. The highest BCUT2D eigenvalue weighted by atomic mass is 32.1. The molecule has 0 bridgehead atoms. The number of aromatic nitrogens is 3. The van der Waals surface area contributed by atoms with E-state index in [1.807, 2.05) is 0 Å². The molecule has 0 aliphatic heterocycles. The lowest BCUT2D eigenvalue weighted by atomic mass is 10.5. The van der Waals surface area contributed by atoms with E-state index in [0.717, 1.165) is 4.88 Å². The first-order valence-corrected chi connectivity index (χ1v) is 6.16. The highest BCUT2D eigenvalue weighted by molar-refractivity contribution is 7.17. The molecule has 2 rings (SSSR count). The van der Waals surface area contributed by atoms with E-state index < -0.39 is 0 Å². The molecule has 2 aromatic rings. The third-order valence-electron chi connectivity index (χ3n) is 1.74. The average molecular weight is 255 g/mol. The van der Waals surface area contributed by atoms with Gasteiger partial charge >= 0.3 is 0 Å². The van der Waals surface area contributed by atoms with Crippen LogP contribution in [0.15, 0.2) is 11.7 Å². The zero-order chi connectivity index (χ0) is 11.4. The molecule has 0 aliphatic rings. The number of rotatable bonds is 4. The quantitative estimate of drug-likeness (QED) is 0.851. The Hall–Kier alpha value is -1.54. The van der Waals surface area contributed by atoms with Gasteiger partial charge < -0.3 is 10.6 Å². The normalized spacial score (nSPS) is 10.1. The van der Waals surface area contributed by atoms with Gasteiger partial charge in [0.15, 0.2) is 0 Å². The predicted octanol–water partition coefficient (Wildman–Crippen LogP) is 0.966. The number of carbonyl (C=O) groups is 1. The van der Waals surface area contributed by atoms with Crippen LogP contribution in [0.5, 0.6) is 0 Å². The molecule has 0 radical (unpaired) electrons. The Morgan fingerprint density at radius 1 is 1.50 bits per heavy atom. The van der Waals surface area contributed by atoms with Crippen LogP contribution in [0.4, 0.5) is 5.13 Å². The molecule has 0 saturated heterocycles. The summed E-state index contributed by atoms with van der Waals surface area (Å²) >= 11 is 2.72. The van der Waals surface area contributed by atoms with Crippen molar-refractivity contribution in [1.82, 2.24) is 20.5 Å². The fourth-order valence-electron chi connectivity index (χ4n) is 0.988. The van der Waals surface area contributed by atoms with Gasteiger partial charge in [0.05, 0.1) is 12.1 Å². The zero-order valence-electron chi connectivity index (χ0n) is 8.43. The second kappa shape index (κ2) is 4.99. The van der Waals surface area contributed by atoms with Gasteiger partial charge in [-0.1, -0.05) is 11.3 Å². The lowest BCUT2D eigenvalue weighted by Gasteiger charge is -1.98. The molecule has 0 aromatic carbocycles. The van der Waals surface area contributed by atoms with Gasteiger partial charge in [-0.05, 0) is 0 Å². The van der Waals surface area contributed by atoms with Crippen molar-refractivity contribution < 1.29 is 4.79 Å². The Morgan fingerprint density at radius 3 is 3.00 bits per heavy atom. The number of thiazole rings is 1. The lowest BCUT2D eigenvalue weighted by Crippen LogP contribution is -2.22. The molecule has 16 heavy (non-hydrogen) atoms. The summed E-state index contributed by atoms with van der Waals surface area (Å²) in [5.41, 5.74) is 1.73. The summed E-state index contributed by atoms with van der Waals surface area (Å²) in [5, 5.41) is 14.1. The van der Waals surface area contributed by atoms with E-state index in [1.54, 1.807) is 18.8 Å². The third kappa shape index (κ3) is 2.52. The second-order valence-electron chi connectivity index (χ2n) is 2.81. The van der Waals surface area contributed by atoms with Crippen molar-refractivity contribution in [3.63, 3.8) is 0 Å². The van der Waals surface area contributed by atoms with Crippen molar-refractivity contribution in [2.45, 2.75) is 6.54 Å². The van der Waals surface area contributed by atoms with Gasteiger partial charge in [-0.15, -0.1) is 21.5 Å². The summed E-state index contributed by atoms with van der Waals surface area (Å²) in [5.74, 6) is -0.215. The number of nitrogens with one attached hydrogen (secondary N) is 2. The van der Waals surface area contributed by atoms with E-state index in [2.05, 4.69) is 25.8 Å². The Morgan fingerprint density at radius 2 is 2.38 bits per heavy atom. The summed E-state index contributed by atoms with van der Waals surface area (Å²) in [7, 11) is 1.74. The maximum Gasteiger partial charge on any atom is 0.282 e. The molecule has 2 aromatic heterocycles. The number of anilines is 1. The van der Waals surface area contributed by atoms with Gasteiger partial charge in [0.2, 0.25) is 10.1 Å². The van der Waals surface area contributed by atoms with Crippen molar-refractivity contribution in [3.05, 3.63) is 21.6 Å². The van der Waals surface area contributed by atoms with Crippen LogP contribution >= 0.6 is 22.7 Å². The Balaban J connectivity index is 1.93.